The van der Waals surface area contributed by atoms with E-state index < -0.39 is 0 Å². The minimum absolute atomic E-state index is 0.822. The summed E-state index contributed by atoms with van der Waals surface area (Å²) in [6.45, 7) is 6.00. The minimum Gasteiger partial charge on any atom is -0.398 e. The third-order valence-corrected chi connectivity index (χ3v) is 2.69. The standard InChI is InChI=1S/C14H21N/c1-3-5-6-7-8-12-9-10-14(15)13(4-2)11-12/h4,9-11H,2-3,5-8,15H2,1H3. The van der Waals surface area contributed by atoms with E-state index in [9.17, 15) is 0 Å². The lowest BCUT2D eigenvalue weighted by Crippen LogP contribution is -1.92. The fraction of sp³-hybridized carbons (Fsp3) is 0.429. The summed E-state index contributed by atoms with van der Waals surface area (Å²) in [7, 11) is 0. The Bertz CT molecular complexity index is 315. The van der Waals surface area contributed by atoms with E-state index in [-0.39, 0.29) is 0 Å². The summed E-state index contributed by atoms with van der Waals surface area (Å²) in [4.78, 5) is 0. The second-order valence-electron chi connectivity index (χ2n) is 3.98. The molecule has 0 spiro atoms. The first-order chi connectivity index (χ1) is 7.27. The molecule has 0 heterocycles. The molecule has 0 aliphatic carbocycles. The molecule has 0 fully saturated rings. The first-order valence-electron chi connectivity index (χ1n) is 5.78. The number of nitrogens with two attached hydrogens (primary N) is 1. The maximum absolute atomic E-state index is 5.81. The molecule has 0 saturated heterocycles. The molecular weight excluding hydrogens is 182 g/mol. The number of hydrogen-bond donors (Lipinski definition) is 1. The third-order valence-electron chi connectivity index (χ3n) is 2.69. The molecule has 0 radical (unpaired) electrons. The Morgan fingerprint density at radius 3 is 2.73 bits per heavy atom. The summed E-state index contributed by atoms with van der Waals surface area (Å²) < 4.78 is 0. The van der Waals surface area contributed by atoms with Gasteiger partial charge in [-0.15, -0.1) is 0 Å². The van der Waals surface area contributed by atoms with Crippen molar-refractivity contribution in [2.45, 2.75) is 39.0 Å². The van der Waals surface area contributed by atoms with Gasteiger partial charge in [0.2, 0.25) is 0 Å². The van der Waals surface area contributed by atoms with Gasteiger partial charge in [0.1, 0.15) is 0 Å². The summed E-state index contributed by atoms with van der Waals surface area (Å²) in [6, 6.07) is 6.24. The van der Waals surface area contributed by atoms with Crippen molar-refractivity contribution >= 4 is 11.8 Å². The SMILES string of the molecule is C=Cc1cc(CCCCCC)ccc1N. The molecule has 0 saturated carbocycles. The van der Waals surface area contributed by atoms with Crippen molar-refractivity contribution in [3.63, 3.8) is 0 Å². The number of aryl methyl sites for hydroxylation is 1. The van der Waals surface area contributed by atoms with Crippen LogP contribution in [0.15, 0.2) is 24.8 Å². The molecule has 0 atom stereocenters. The van der Waals surface area contributed by atoms with E-state index >= 15 is 0 Å². The molecular formula is C14H21N. The molecule has 0 bridgehead atoms. The smallest absolute Gasteiger partial charge is 0.0387 e. The average Bonchev–Trinajstić information content (AvgIpc) is 2.26. The second-order valence-corrected chi connectivity index (χ2v) is 3.98. The van der Waals surface area contributed by atoms with Crippen LogP contribution in [0.3, 0.4) is 0 Å². The first-order valence-corrected chi connectivity index (χ1v) is 5.78. The molecule has 2 N–H and O–H groups in total. The summed E-state index contributed by atoms with van der Waals surface area (Å²) >= 11 is 0. The largest absolute Gasteiger partial charge is 0.398 e. The second kappa shape index (κ2) is 6.28. The van der Waals surface area contributed by atoms with Gasteiger partial charge in [-0.2, -0.15) is 0 Å². The monoisotopic (exact) mass is 203 g/mol. The van der Waals surface area contributed by atoms with Gasteiger partial charge < -0.3 is 5.73 Å². The van der Waals surface area contributed by atoms with Crippen molar-refractivity contribution in [2.75, 3.05) is 5.73 Å². The van der Waals surface area contributed by atoms with Gasteiger partial charge in [0.05, 0.1) is 0 Å². The number of nitrogen functional groups attached to an aromatic ring is 1. The number of anilines is 1. The first kappa shape index (κ1) is 11.8. The van der Waals surface area contributed by atoms with Crippen molar-refractivity contribution in [2.24, 2.45) is 0 Å². The maximum atomic E-state index is 5.81. The highest BCUT2D eigenvalue weighted by Crippen LogP contribution is 2.17. The van der Waals surface area contributed by atoms with Crippen molar-refractivity contribution in [3.05, 3.63) is 35.9 Å². The van der Waals surface area contributed by atoms with Gasteiger partial charge >= 0.3 is 0 Å². The van der Waals surface area contributed by atoms with Crippen LogP contribution in [0.5, 0.6) is 0 Å². The van der Waals surface area contributed by atoms with Crippen LogP contribution in [-0.4, -0.2) is 0 Å². The van der Waals surface area contributed by atoms with Crippen molar-refractivity contribution in [1.29, 1.82) is 0 Å². The topological polar surface area (TPSA) is 26.0 Å². The Morgan fingerprint density at radius 1 is 1.27 bits per heavy atom. The predicted molar refractivity (Wildman–Crippen MR) is 68.8 cm³/mol. The Balaban J connectivity index is 2.51. The number of unbranched alkanes of at least 4 members (excludes halogenated alkanes) is 3. The third kappa shape index (κ3) is 3.78. The number of hydrogen-bond acceptors (Lipinski definition) is 1. The van der Waals surface area contributed by atoms with E-state index in [1.807, 2.05) is 12.1 Å². The minimum atomic E-state index is 0.822. The van der Waals surface area contributed by atoms with Gasteiger partial charge in [0.25, 0.3) is 0 Å². The fourth-order valence-electron chi connectivity index (χ4n) is 1.71. The van der Waals surface area contributed by atoms with Gasteiger partial charge in [-0.3, -0.25) is 0 Å². The zero-order valence-electron chi connectivity index (χ0n) is 9.63. The van der Waals surface area contributed by atoms with Gasteiger partial charge in [0.15, 0.2) is 0 Å². The van der Waals surface area contributed by atoms with E-state index in [1.165, 1.54) is 31.2 Å². The molecule has 1 aromatic carbocycles. The van der Waals surface area contributed by atoms with Crippen molar-refractivity contribution < 1.29 is 0 Å². The van der Waals surface area contributed by atoms with Crippen LogP contribution in [0.1, 0.15) is 43.7 Å². The molecule has 1 aromatic rings. The molecule has 0 unspecified atom stereocenters. The quantitative estimate of drug-likeness (QED) is 0.548. The zero-order valence-corrected chi connectivity index (χ0v) is 9.63. The molecule has 1 nitrogen and oxygen atoms in total. The Kier molecular flexibility index (Phi) is 4.96. The highest BCUT2D eigenvalue weighted by molar-refractivity contribution is 5.64. The molecule has 1 heteroatoms. The predicted octanol–water partition coefficient (Wildman–Crippen LogP) is 4.03. The fourth-order valence-corrected chi connectivity index (χ4v) is 1.71. The van der Waals surface area contributed by atoms with Gasteiger partial charge in [-0.05, 0) is 36.1 Å². The molecule has 0 aliphatic heterocycles. The van der Waals surface area contributed by atoms with E-state index in [0.29, 0.717) is 0 Å². The Labute approximate surface area is 93.0 Å². The van der Waals surface area contributed by atoms with E-state index in [4.69, 9.17) is 5.73 Å². The highest BCUT2D eigenvalue weighted by atomic mass is 14.5. The summed E-state index contributed by atoms with van der Waals surface area (Å²) in [5.41, 5.74) is 9.06. The lowest BCUT2D eigenvalue weighted by molar-refractivity contribution is 0.667. The van der Waals surface area contributed by atoms with E-state index in [2.05, 4.69) is 25.6 Å². The van der Waals surface area contributed by atoms with Crippen LogP contribution >= 0.6 is 0 Å². The maximum Gasteiger partial charge on any atom is 0.0387 e. The van der Waals surface area contributed by atoms with Gasteiger partial charge in [0, 0.05) is 5.69 Å². The molecule has 0 aromatic heterocycles. The van der Waals surface area contributed by atoms with Crippen LogP contribution in [-0.2, 0) is 6.42 Å². The van der Waals surface area contributed by atoms with Crippen molar-refractivity contribution in [3.8, 4) is 0 Å². The molecule has 1 rings (SSSR count). The number of rotatable bonds is 6. The number of benzene rings is 1. The molecule has 15 heavy (non-hydrogen) atoms. The summed E-state index contributed by atoms with van der Waals surface area (Å²) in [6.07, 6.45) is 8.20. The van der Waals surface area contributed by atoms with Crippen LogP contribution in [0, 0.1) is 0 Å². The summed E-state index contributed by atoms with van der Waals surface area (Å²) in [5, 5.41) is 0. The lowest BCUT2D eigenvalue weighted by atomic mass is 10.0. The summed E-state index contributed by atoms with van der Waals surface area (Å²) in [5.74, 6) is 0. The van der Waals surface area contributed by atoms with Crippen LogP contribution in [0.4, 0.5) is 5.69 Å². The normalized spacial score (nSPS) is 10.2. The van der Waals surface area contributed by atoms with Crippen LogP contribution in [0.25, 0.3) is 6.08 Å². The lowest BCUT2D eigenvalue weighted by Gasteiger charge is -2.05. The van der Waals surface area contributed by atoms with Gasteiger partial charge in [-0.1, -0.05) is 44.9 Å². The van der Waals surface area contributed by atoms with E-state index in [1.54, 1.807) is 0 Å². The molecule has 0 aliphatic rings. The average molecular weight is 203 g/mol. The zero-order chi connectivity index (χ0) is 11.1. The Hall–Kier alpha value is -1.24. The Morgan fingerprint density at radius 2 is 2.07 bits per heavy atom. The van der Waals surface area contributed by atoms with Crippen LogP contribution < -0.4 is 5.73 Å². The van der Waals surface area contributed by atoms with Gasteiger partial charge in [-0.25, -0.2) is 0 Å². The van der Waals surface area contributed by atoms with Crippen molar-refractivity contribution in [1.82, 2.24) is 0 Å². The van der Waals surface area contributed by atoms with Crippen LogP contribution in [0.2, 0.25) is 0 Å². The van der Waals surface area contributed by atoms with E-state index in [0.717, 1.165) is 17.7 Å². The molecule has 0 amide bonds. The molecule has 82 valence electrons. The highest BCUT2D eigenvalue weighted by Gasteiger charge is 1.98.